The third-order valence-electron chi connectivity index (χ3n) is 4.14. The predicted molar refractivity (Wildman–Crippen MR) is 107 cm³/mol. The minimum atomic E-state index is -0.354. The van der Waals surface area contributed by atoms with Crippen LogP contribution in [0.2, 0.25) is 0 Å². The summed E-state index contributed by atoms with van der Waals surface area (Å²) in [7, 11) is 0. The number of anilines is 1. The van der Waals surface area contributed by atoms with Crippen LogP contribution in [0, 0.1) is 0 Å². The van der Waals surface area contributed by atoms with Gasteiger partial charge in [0.25, 0.3) is 5.91 Å². The largest absolute Gasteiger partial charge is 0.471 e. The minimum absolute atomic E-state index is 0.239. The molecule has 1 N–H and O–H groups in total. The number of hydrogen-bond acceptors (Lipinski definition) is 5. The van der Waals surface area contributed by atoms with Gasteiger partial charge >= 0.3 is 0 Å². The Bertz CT molecular complexity index is 1120. The van der Waals surface area contributed by atoms with Gasteiger partial charge in [0.1, 0.15) is 5.75 Å². The Kier molecular flexibility index (Phi) is 5.07. The molecule has 1 aromatic carbocycles. The van der Waals surface area contributed by atoms with E-state index in [0.29, 0.717) is 15.8 Å². The Hall–Kier alpha value is -3.20. The van der Waals surface area contributed by atoms with E-state index in [2.05, 4.69) is 43.4 Å². The van der Waals surface area contributed by atoms with Gasteiger partial charge < -0.3 is 10.1 Å². The molecule has 28 heavy (non-hydrogen) atoms. The Labute approximate surface area is 169 Å². The van der Waals surface area contributed by atoms with Crippen molar-refractivity contribution in [2.24, 2.45) is 0 Å². The molecule has 3 heterocycles. The number of amides is 1. The van der Waals surface area contributed by atoms with E-state index in [1.165, 1.54) is 5.56 Å². The molecule has 1 amide bonds. The molecule has 0 saturated carbocycles. The zero-order chi connectivity index (χ0) is 19.5. The summed E-state index contributed by atoms with van der Waals surface area (Å²) in [5, 5.41) is 11.2. The van der Waals surface area contributed by atoms with Gasteiger partial charge in [-0.1, -0.05) is 19.1 Å². The molecule has 3 aromatic heterocycles. The average molecular weight is 441 g/mol. The summed E-state index contributed by atoms with van der Waals surface area (Å²) in [4.78, 5) is 16.7. The van der Waals surface area contributed by atoms with Crippen LogP contribution < -0.4 is 10.1 Å². The van der Waals surface area contributed by atoms with Crippen molar-refractivity contribution in [1.29, 1.82) is 0 Å². The second kappa shape index (κ2) is 7.81. The molecule has 4 aromatic rings. The molecule has 4 rings (SSSR count). The number of benzene rings is 1. The molecule has 9 heteroatoms. The monoisotopic (exact) mass is 440 g/mol. The molecule has 0 radical (unpaired) electrons. The molecule has 0 unspecified atom stereocenters. The van der Waals surface area contributed by atoms with Gasteiger partial charge in [0, 0.05) is 12.4 Å². The number of aryl methyl sites for hydroxylation is 1. The normalized spacial score (nSPS) is 10.9. The highest BCUT2D eigenvalue weighted by atomic mass is 79.9. The quantitative estimate of drug-likeness (QED) is 0.495. The van der Waals surface area contributed by atoms with Crippen LogP contribution in [0.4, 0.5) is 5.69 Å². The van der Waals surface area contributed by atoms with Gasteiger partial charge in [0.2, 0.25) is 0 Å². The van der Waals surface area contributed by atoms with E-state index in [1.807, 2.05) is 24.3 Å². The van der Waals surface area contributed by atoms with Crippen molar-refractivity contribution >= 4 is 33.2 Å². The van der Waals surface area contributed by atoms with Crippen LogP contribution in [0.25, 0.3) is 5.65 Å². The van der Waals surface area contributed by atoms with E-state index in [0.717, 1.165) is 12.2 Å². The van der Waals surface area contributed by atoms with Crippen LogP contribution in [-0.2, 0) is 13.2 Å². The van der Waals surface area contributed by atoms with Crippen LogP contribution >= 0.6 is 15.9 Å². The van der Waals surface area contributed by atoms with Crippen molar-refractivity contribution in [2.75, 3.05) is 5.32 Å². The summed E-state index contributed by atoms with van der Waals surface area (Å²) in [6, 6.07) is 9.67. The lowest BCUT2D eigenvalue weighted by Crippen LogP contribution is -2.13. The van der Waals surface area contributed by atoms with Crippen LogP contribution in [0.1, 0.15) is 23.0 Å². The molecule has 0 spiro atoms. The fraction of sp³-hybridized carbons (Fsp3) is 0.158. The molecule has 0 aliphatic rings. The zero-order valence-corrected chi connectivity index (χ0v) is 16.6. The van der Waals surface area contributed by atoms with Crippen LogP contribution in [-0.4, -0.2) is 30.3 Å². The van der Waals surface area contributed by atoms with E-state index in [-0.39, 0.29) is 18.3 Å². The van der Waals surface area contributed by atoms with Crippen molar-refractivity contribution in [3.8, 4) is 5.75 Å². The molecular formula is C19H17BrN6O2. The Morgan fingerprint density at radius 3 is 2.86 bits per heavy atom. The smallest absolute Gasteiger partial charge is 0.277 e. The van der Waals surface area contributed by atoms with Crippen molar-refractivity contribution in [3.05, 3.63) is 70.8 Å². The standard InChI is InChI=1S/C19H17BrN6O2/c1-2-13-4-6-15(7-5-13)28-12-25-11-14(10-22-25)23-19(27)17-16(20)18-21-8-3-9-26(18)24-17/h3-11H,2,12H2,1H3,(H,23,27). The van der Waals surface area contributed by atoms with Crippen LogP contribution in [0.5, 0.6) is 5.75 Å². The van der Waals surface area contributed by atoms with Crippen molar-refractivity contribution in [2.45, 2.75) is 20.1 Å². The number of carbonyl (C=O) groups is 1. The maximum Gasteiger partial charge on any atom is 0.277 e. The minimum Gasteiger partial charge on any atom is -0.471 e. The lowest BCUT2D eigenvalue weighted by molar-refractivity contribution is 0.102. The van der Waals surface area contributed by atoms with E-state index in [9.17, 15) is 4.79 Å². The van der Waals surface area contributed by atoms with Crippen molar-refractivity contribution in [1.82, 2.24) is 24.4 Å². The van der Waals surface area contributed by atoms with Crippen molar-refractivity contribution < 1.29 is 9.53 Å². The fourth-order valence-corrected chi connectivity index (χ4v) is 3.20. The second-order valence-electron chi connectivity index (χ2n) is 6.04. The summed E-state index contributed by atoms with van der Waals surface area (Å²) >= 11 is 3.38. The second-order valence-corrected chi connectivity index (χ2v) is 6.84. The van der Waals surface area contributed by atoms with Gasteiger partial charge in [-0.15, -0.1) is 0 Å². The first-order valence-electron chi connectivity index (χ1n) is 8.68. The number of nitrogens with zero attached hydrogens (tertiary/aromatic N) is 5. The van der Waals surface area contributed by atoms with Crippen LogP contribution in [0.15, 0.2) is 59.6 Å². The fourth-order valence-electron chi connectivity index (χ4n) is 2.66. The summed E-state index contributed by atoms with van der Waals surface area (Å²) < 4.78 is 9.39. The average Bonchev–Trinajstić information content (AvgIpc) is 3.31. The summed E-state index contributed by atoms with van der Waals surface area (Å²) in [6.45, 7) is 2.35. The predicted octanol–water partition coefficient (Wildman–Crippen LogP) is 3.54. The number of hydrogen-bond donors (Lipinski definition) is 1. The molecule has 142 valence electrons. The summed E-state index contributed by atoms with van der Waals surface area (Å²) in [6.07, 6.45) is 7.61. The first-order valence-corrected chi connectivity index (χ1v) is 9.47. The maximum absolute atomic E-state index is 12.5. The van der Waals surface area contributed by atoms with Crippen LogP contribution in [0.3, 0.4) is 0 Å². The number of halogens is 1. The van der Waals surface area contributed by atoms with E-state index < -0.39 is 0 Å². The SMILES string of the molecule is CCc1ccc(OCn2cc(NC(=O)c3nn4cccnc4c3Br)cn2)cc1. The highest BCUT2D eigenvalue weighted by molar-refractivity contribution is 9.10. The molecule has 0 atom stereocenters. The maximum atomic E-state index is 12.5. The van der Waals surface area contributed by atoms with E-state index in [4.69, 9.17) is 4.74 Å². The van der Waals surface area contributed by atoms with E-state index in [1.54, 1.807) is 40.1 Å². The third kappa shape index (κ3) is 3.74. The Balaban J connectivity index is 1.41. The zero-order valence-electron chi connectivity index (χ0n) is 15.0. The molecule has 0 aliphatic heterocycles. The number of aromatic nitrogens is 5. The van der Waals surface area contributed by atoms with Gasteiger partial charge in [-0.05, 0) is 46.1 Å². The van der Waals surface area contributed by atoms with Gasteiger partial charge in [0.15, 0.2) is 18.1 Å². The lowest BCUT2D eigenvalue weighted by atomic mass is 10.2. The van der Waals surface area contributed by atoms with Gasteiger partial charge in [0.05, 0.1) is 22.6 Å². The number of ether oxygens (including phenoxy) is 1. The summed E-state index contributed by atoms with van der Waals surface area (Å²) in [5.74, 6) is 0.410. The molecule has 0 aliphatic carbocycles. The number of fused-ring (bicyclic) bond motifs is 1. The first-order chi connectivity index (χ1) is 13.6. The highest BCUT2D eigenvalue weighted by Gasteiger charge is 2.18. The third-order valence-corrected chi connectivity index (χ3v) is 4.87. The van der Waals surface area contributed by atoms with E-state index >= 15 is 0 Å². The molecule has 8 nitrogen and oxygen atoms in total. The number of nitrogens with one attached hydrogen (secondary N) is 1. The molecule has 0 saturated heterocycles. The van der Waals surface area contributed by atoms with Gasteiger partial charge in [-0.3, -0.25) is 4.79 Å². The molecule has 0 fully saturated rings. The lowest BCUT2D eigenvalue weighted by Gasteiger charge is -2.06. The summed E-state index contributed by atoms with van der Waals surface area (Å²) in [5.41, 5.74) is 2.63. The van der Waals surface area contributed by atoms with Gasteiger partial charge in [-0.2, -0.15) is 10.2 Å². The Morgan fingerprint density at radius 2 is 2.11 bits per heavy atom. The first kappa shape index (κ1) is 18.2. The highest BCUT2D eigenvalue weighted by Crippen LogP contribution is 2.21. The number of rotatable bonds is 6. The molecular weight excluding hydrogens is 424 g/mol. The molecule has 0 bridgehead atoms. The Morgan fingerprint density at radius 1 is 1.29 bits per heavy atom. The topological polar surface area (TPSA) is 86.3 Å². The van der Waals surface area contributed by atoms with Gasteiger partial charge in [-0.25, -0.2) is 14.2 Å². The van der Waals surface area contributed by atoms with Crippen molar-refractivity contribution in [3.63, 3.8) is 0 Å². The number of carbonyl (C=O) groups excluding carboxylic acids is 1.